The number of aryl methyl sites for hydroxylation is 1. The Morgan fingerprint density at radius 2 is 2.47 bits per heavy atom. The van der Waals surface area contributed by atoms with E-state index in [2.05, 4.69) is 21.6 Å². The molecule has 1 aliphatic rings. The van der Waals surface area contributed by atoms with Crippen LogP contribution in [0.25, 0.3) is 0 Å². The molecule has 1 unspecified atom stereocenters. The maximum absolute atomic E-state index is 5.61. The summed E-state index contributed by atoms with van der Waals surface area (Å²) < 4.78 is 9.79. The Kier molecular flexibility index (Phi) is 3.91. The molecule has 0 saturated carbocycles. The second-order valence-corrected chi connectivity index (χ2v) is 4.50. The van der Waals surface area contributed by atoms with Gasteiger partial charge in [0.1, 0.15) is 12.4 Å². The number of hydrogen-bond acceptors (Lipinski definition) is 5. The summed E-state index contributed by atoms with van der Waals surface area (Å²) in [6.45, 7) is 3.89. The minimum absolute atomic E-state index is 0.493. The second kappa shape index (κ2) is 5.42. The smallest absolute Gasteiger partial charge is 0.293 e. The minimum Gasteiger partial charge on any atom is -0.467 e. The molecule has 1 atom stereocenters. The van der Waals surface area contributed by atoms with Crippen LogP contribution >= 0.6 is 11.5 Å². The standard InChI is InChI=1S/C10H17N3OS/c1-2-9-12-10(15-13-9)14-7-8-5-3-4-6-11-8/h8,11H,2-7H2,1H3. The van der Waals surface area contributed by atoms with Gasteiger partial charge in [0.05, 0.1) is 0 Å². The summed E-state index contributed by atoms with van der Waals surface area (Å²) in [5, 5.41) is 4.15. The van der Waals surface area contributed by atoms with Gasteiger partial charge in [0.25, 0.3) is 5.19 Å². The van der Waals surface area contributed by atoms with Gasteiger partial charge in [-0.05, 0) is 19.4 Å². The summed E-state index contributed by atoms with van der Waals surface area (Å²) in [7, 11) is 0. The van der Waals surface area contributed by atoms with Crippen molar-refractivity contribution in [2.75, 3.05) is 13.2 Å². The van der Waals surface area contributed by atoms with Crippen molar-refractivity contribution in [1.29, 1.82) is 0 Å². The fourth-order valence-corrected chi connectivity index (χ4v) is 2.30. The molecular formula is C10H17N3OS. The number of hydrogen-bond donors (Lipinski definition) is 1. The largest absolute Gasteiger partial charge is 0.467 e. The number of nitrogens with one attached hydrogen (secondary N) is 1. The highest BCUT2D eigenvalue weighted by Gasteiger charge is 2.13. The summed E-state index contributed by atoms with van der Waals surface area (Å²) >= 11 is 1.35. The topological polar surface area (TPSA) is 47.0 Å². The SMILES string of the molecule is CCc1nsc(OCC2CCCCN2)n1. The Labute approximate surface area is 94.2 Å². The van der Waals surface area contributed by atoms with Crippen molar-refractivity contribution in [2.24, 2.45) is 0 Å². The van der Waals surface area contributed by atoms with E-state index in [-0.39, 0.29) is 0 Å². The average Bonchev–Trinajstić information content (AvgIpc) is 2.76. The minimum atomic E-state index is 0.493. The molecule has 0 aromatic carbocycles. The Morgan fingerprint density at radius 3 is 3.13 bits per heavy atom. The molecule has 1 saturated heterocycles. The van der Waals surface area contributed by atoms with Gasteiger partial charge in [-0.25, -0.2) is 0 Å². The fraction of sp³-hybridized carbons (Fsp3) is 0.800. The Hall–Kier alpha value is -0.680. The molecule has 4 nitrogen and oxygen atoms in total. The lowest BCUT2D eigenvalue weighted by molar-refractivity contribution is 0.238. The molecule has 0 spiro atoms. The summed E-state index contributed by atoms with van der Waals surface area (Å²) in [5.74, 6) is 0.881. The van der Waals surface area contributed by atoms with E-state index in [1.54, 1.807) is 0 Å². The van der Waals surface area contributed by atoms with Gasteiger partial charge < -0.3 is 10.1 Å². The monoisotopic (exact) mass is 227 g/mol. The van der Waals surface area contributed by atoms with Crippen molar-refractivity contribution in [2.45, 2.75) is 38.6 Å². The van der Waals surface area contributed by atoms with Crippen molar-refractivity contribution >= 4 is 11.5 Å². The quantitative estimate of drug-likeness (QED) is 0.849. The molecule has 0 aliphatic carbocycles. The lowest BCUT2D eigenvalue weighted by Crippen LogP contribution is -2.38. The van der Waals surface area contributed by atoms with Gasteiger partial charge in [0.2, 0.25) is 0 Å². The lowest BCUT2D eigenvalue weighted by Gasteiger charge is -2.22. The van der Waals surface area contributed by atoms with E-state index in [1.807, 2.05) is 0 Å². The third-order valence-corrected chi connectivity index (χ3v) is 3.25. The average molecular weight is 227 g/mol. The number of rotatable bonds is 4. The van der Waals surface area contributed by atoms with E-state index in [0.29, 0.717) is 11.2 Å². The van der Waals surface area contributed by atoms with E-state index in [9.17, 15) is 0 Å². The molecule has 1 fully saturated rings. The van der Waals surface area contributed by atoms with Gasteiger partial charge in [-0.1, -0.05) is 13.3 Å². The Balaban J connectivity index is 1.76. The highest BCUT2D eigenvalue weighted by molar-refractivity contribution is 7.07. The summed E-state index contributed by atoms with van der Waals surface area (Å²) in [6, 6.07) is 0.493. The van der Waals surface area contributed by atoms with E-state index < -0.39 is 0 Å². The van der Waals surface area contributed by atoms with Crippen LogP contribution in [0.15, 0.2) is 0 Å². The van der Waals surface area contributed by atoms with Crippen LogP contribution in [0, 0.1) is 0 Å². The molecule has 5 heteroatoms. The first-order chi connectivity index (χ1) is 7.38. The van der Waals surface area contributed by atoms with Gasteiger partial charge in [-0.15, -0.1) is 0 Å². The molecule has 2 rings (SSSR count). The van der Waals surface area contributed by atoms with Gasteiger partial charge >= 0.3 is 0 Å². The fourth-order valence-electron chi connectivity index (χ4n) is 1.68. The lowest BCUT2D eigenvalue weighted by atomic mass is 10.1. The molecule has 2 heterocycles. The second-order valence-electron chi connectivity index (χ2n) is 3.79. The highest BCUT2D eigenvalue weighted by atomic mass is 32.1. The summed E-state index contributed by atoms with van der Waals surface area (Å²) in [4.78, 5) is 4.27. The van der Waals surface area contributed by atoms with E-state index >= 15 is 0 Å². The van der Waals surface area contributed by atoms with E-state index in [0.717, 1.165) is 25.4 Å². The molecule has 84 valence electrons. The van der Waals surface area contributed by atoms with E-state index in [4.69, 9.17) is 4.74 Å². The maximum atomic E-state index is 5.61. The van der Waals surface area contributed by atoms with Crippen LogP contribution < -0.4 is 10.1 Å². The zero-order chi connectivity index (χ0) is 10.5. The molecule has 1 N–H and O–H groups in total. The van der Waals surface area contributed by atoms with Crippen molar-refractivity contribution in [3.63, 3.8) is 0 Å². The molecule has 0 bridgehead atoms. The highest BCUT2D eigenvalue weighted by Crippen LogP contribution is 2.15. The predicted molar refractivity (Wildman–Crippen MR) is 60.4 cm³/mol. The summed E-state index contributed by atoms with van der Waals surface area (Å²) in [6.07, 6.45) is 4.67. The first-order valence-corrected chi connectivity index (χ1v) is 6.34. The molecule has 15 heavy (non-hydrogen) atoms. The first-order valence-electron chi connectivity index (χ1n) is 5.57. The van der Waals surface area contributed by atoms with Crippen LogP contribution in [0.1, 0.15) is 32.0 Å². The molecular weight excluding hydrogens is 210 g/mol. The van der Waals surface area contributed by atoms with Crippen molar-refractivity contribution in [3.8, 4) is 5.19 Å². The number of ether oxygens (including phenoxy) is 1. The normalized spacial score (nSPS) is 21.5. The van der Waals surface area contributed by atoms with Crippen molar-refractivity contribution in [1.82, 2.24) is 14.7 Å². The van der Waals surface area contributed by atoms with Crippen LogP contribution in [0.2, 0.25) is 0 Å². The van der Waals surface area contributed by atoms with Crippen LogP contribution in [0.5, 0.6) is 5.19 Å². The summed E-state index contributed by atoms with van der Waals surface area (Å²) in [5.41, 5.74) is 0. The molecule has 1 aromatic rings. The van der Waals surface area contributed by atoms with Crippen LogP contribution in [-0.2, 0) is 6.42 Å². The predicted octanol–water partition coefficient (Wildman–Crippen LogP) is 1.62. The van der Waals surface area contributed by atoms with Crippen LogP contribution in [0.3, 0.4) is 0 Å². The third kappa shape index (κ3) is 3.14. The number of piperidine rings is 1. The van der Waals surface area contributed by atoms with Crippen molar-refractivity contribution in [3.05, 3.63) is 5.82 Å². The zero-order valence-corrected chi connectivity index (χ0v) is 9.85. The molecule has 1 aromatic heterocycles. The number of aromatic nitrogens is 2. The number of nitrogens with zero attached hydrogens (tertiary/aromatic N) is 2. The maximum Gasteiger partial charge on any atom is 0.293 e. The van der Waals surface area contributed by atoms with Gasteiger partial charge in [-0.3, -0.25) is 0 Å². The van der Waals surface area contributed by atoms with E-state index in [1.165, 1.54) is 30.8 Å². The zero-order valence-electron chi connectivity index (χ0n) is 9.03. The molecule has 0 amide bonds. The first kappa shape index (κ1) is 10.8. The van der Waals surface area contributed by atoms with Crippen LogP contribution in [0.4, 0.5) is 0 Å². The van der Waals surface area contributed by atoms with Crippen molar-refractivity contribution < 1.29 is 4.74 Å². The Morgan fingerprint density at radius 1 is 1.53 bits per heavy atom. The van der Waals surface area contributed by atoms with Gasteiger partial charge in [-0.2, -0.15) is 9.36 Å². The molecule has 1 aliphatic heterocycles. The third-order valence-electron chi connectivity index (χ3n) is 2.59. The van der Waals surface area contributed by atoms with Gasteiger partial charge in [0.15, 0.2) is 0 Å². The van der Waals surface area contributed by atoms with Gasteiger partial charge in [0, 0.05) is 24.0 Å². The molecule has 0 radical (unpaired) electrons. The Bertz CT molecular complexity index is 297. The van der Waals surface area contributed by atoms with Crippen LogP contribution in [-0.4, -0.2) is 28.6 Å².